The Kier molecular flexibility index (Phi) is 3.56. The molecule has 0 aliphatic heterocycles. The predicted octanol–water partition coefficient (Wildman–Crippen LogP) is 2.24. The average Bonchev–Trinajstić information content (AvgIpc) is 2.70. The summed E-state index contributed by atoms with van der Waals surface area (Å²) < 4.78 is 7.75. The number of aromatic nitrogens is 2. The Bertz CT molecular complexity index is 592. The number of hydrogen-bond donors (Lipinski definition) is 1. The lowest BCUT2D eigenvalue weighted by molar-refractivity contribution is 0.0944. The molecule has 96 valence electrons. The summed E-state index contributed by atoms with van der Waals surface area (Å²) in [6.07, 6.45) is 3.33. The quantitative estimate of drug-likeness (QED) is 0.946. The van der Waals surface area contributed by atoms with E-state index >= 15 is 0 Å². The highest BCUT2D eigenvalue weighted by molar-refractivity contribution is 9.10. The maximum Gasteiger partial charge on any atom is 0.255 e. The summed E-state index contributed by atoms with van der Waals surface area (Å²) in [5, 5.41) is 7.01. The molecule has 1 N–H and O–H groups in total. The van der Waals surface area contributed by atoms with Gasteiger partial charge in [0.05, 0.1) is 18.9 Å². The van der Waals surface area contributed by atoms with Crippen LogP contribution in [0.4, 0.5) is 0 Å². The zero-order chi connectivity index (χ0) is 13.3. The van der Waals surface area contributed by atoms with Crippen LogP contribution in [0.1, 0.15) is 24.2 Å². The van der Waals surface area contributed by atoms with Crippen molar-refractivity contribution in [1.82, 2.24) is 14.9 Å². The minimum Gasteiger partial charge on any atom is -0.494 e. The number of carbonyl (C=O) groups excluding carboxylic acids is 1. The number of fused-ring (bicyclic) bond motifs is 1. The molecule has 0 aliphatic rings. The van der Waals surface area contributed by atoms with Crippen molar-refractivity contribution in [2.75, 3.05) is 7.11 Å². The van der Waals surface area contributed by atoms with Crippen molar-refractivity contribution in [2.45, 2.75) is 19.9 Å². The number of nitrogens with one attached hydrogen (secondary N) is 1. The van der Waals surface area contributed by atoms with Crippen molar-refractivity contribution in [2.24, 2.45) is 0 Å². The third kappa shape index (κ3) is 2.33. The number of rotatable bonds is 3. The number of ether oxygens (including phenoxy) is 1. The van der Waals surface area contributed by atoms with E-state index in [9.17, 15) is 4.79 Å². The minimum atomic E-state index is -0.152. The second-order valence-electron chi connectivity index (χ2n) is 4.21. The number of amides is 1. The van der Waals surface area contributed by atoms with Crippen LogP contribution in [0.15, 0.2) is 22.9 Å². The van der Waals surface area contributed by atoms with Gasteiger partial charge >= 0.3 is 0 Å². The second kappa shape index (κ2) is 4.97. The zero-order valence-corrected chi connectivity index (χ0v) is 12.0. The van der Waals surface area contributed by atoms with Gasteiger partial charge in [0, 0.05) is 16.7 Å². The molecule has 5 nitrogen and oxygen atoms in total. The monoisotopic (exact) mass is 311 g/mol. The van der Waals surface area contributed by atoms with Crippen LogP contribution in [0.3, 0.4) is 0 Å². The Balaban J connectivity index is 2.56. The summed E-state index contributed by atoms with van der Waals surface area (Å²) in [7, 11) is 1.57. The molecule has 0 unspecified atom stereocenters. The molecule has 0 aromatic carbocycles. The first-order valence-corrected chi connectivity index (χ1v) is 6.34. The zero-order valence-electron chi connectivity index (χ0n) is 10.4. The fourth-order valence-corrected chi connectivity index (χ4v) is 2.12. The van der Waals surface area contributed by atoms with Gasteiger partial charge in [0.25, 0.3) is 5.91 Å². The molecule has 0 bridgehead atoms. The Morgan fingerprint density at radius 2 is 2.28 bits per heavy atom. The normalized spacial score (nSPS) is 10.9. The maximum atomic E-state index is 12.1. The first kappa shape index (κ1) is 12.9. The van der Waals surface area contributed by atoms with Crippen LogP contribution in [0.2, 0.25) is 0 Å². The van der Waals surface area contributed by atoms with E-state index in [0.29, 0.717) is 16.8 Å². The smallest absolute Gasteiger partial charge is 0.255 e. The van der Waals surface area contributed by atoms with Gasteiger partial charge in [-0.3, -0.25) is 4.79 Å². The molecule has 0 atom stereocenters. The number of carbonyl (C=O) groups is 1. The van der Waals surface area contributed by atoms with Gasteiger partial charge in [0.1, 0.15) is 11.3 Å². The lowest BCUT2D eigenvalue weighted by Crippen LogP contribution is -2.30. The molecule has 2 heterocycles. The summed E-state index contributed by atoms with van der Waals surface area (Å²) in [5.41, 5.74) is 1.17. The summed E-state index contributed by atoms with van der Waals surface area (Å²) in [6.45, 7) is 3.83. The molecule has 18 heavy (non-hydrogen) atoms. The lowest BCUT2D eigenvalue weighted by Gasteiger charge is -2.09. The first-order valence-electron chi connectivity index (χ1n) is 5.54. The molecule has 0 saturated heterocycles. The van der Waals surface area contributed by atoms with Crippen LogP contribution >= 0.6 is 15.9 Å². The summed E-state index contributed by atoms with van der Waals surface area (Å²) >= 11 is 3.37. The van der Waals surface area contributed by atoms with E-state index in [1.54, 1.807) is 24.0 Å². The van der Waals surface area contributed by atoms with Gasteiger partial charge in [-0.25, -0.2) is 4.52 Å². The Hall–Kier alpha value is -1.56. The van der Waals surface area contributed by atoms with E-state index in [-0.39, 0.29) is 11.9 Å². The van der Waals surface area contributed by atoms with Crippen molar-refractivity contribution in [3.63, 3.8) is 0 Å². The third-order valence-corrected chi connectivity index (χ3v) is 2.86. The fourth-order valence-electron chi connectivity index (χ4n) is 1.72. The van der Waals surface area contributed by atoms with Crippen LogP contribution < -0.4 is 10.1 Å². The van der Waals surface area contributed by atoms with Crippen molar-refractivity contribution >= 4 is 27.4 Å². The van der Waals surface area contributed by atoms with E-state index in [0.717, 1.165) is 4.47 Å². The Morgan fingerprint density at radius 3 is 2.89 bits per heavy atom. The van der Waals surface area contributed by atoms with Gasteiger partial charge in [-0.2, -0.15) is 5.10 Å². The highest BCUT2D eigenvalue weighted by Gasteiger charge is 2.17. The predicted molar refractivity (Wildman–Crippen MR) is 72.0 cm³/mol. The van der Waals surface area contributed by atoms with Crippen molar-refractivity contribution < 1.29 is 9.53 Å². The first-order chi connectivity index (χ1) is 8.52. The molecular weight excluding hydrogens is 298 g/mol. The SMILES string of the molecule is COc1cc(Br)cn2ncc(C(=O)NC(C)C)c12. The van der Waals surface area contributed by atoms with Crippen LogP contribution in [-0.4, -0.2) is 28.7 Å². The van der Waals surface area contributed by atoms with Crippen molar-refractivity contribution in [3.8, 4) is 5.75 Å². The highest BCUT2D eigenvalue weighted by atomic mass is 79.9. The van der Waals surface area contributed by atoms with E-state index in [1.807, 2.05) is 19.9 Å². The Labute approximate surface area is 113 Å². The number of nitrogens with zero attached hydrogens (tertiary/aromatic N) is 2. The molecule has 0 radical (unpaired) electrons. The largest absolute Gasteiger partial charge is 0.494 e. The number of halogens is 1. The molecule has 0 spiro atoms. The molecule has 0 saturated carbocycles. The fraction of sp³-hybridized carbons (Fsp3) is 0.333. The molecule has 1 amide bonds. The summed E-state index contributed by atoms with van der Waals surface area (Å²) in [6, 6.07) is 1.89. The van der Waals surface area contributed by atoms with Crippen LogP contribution in [0.5, 0.6) is 5.75 Å². The van der Waals surface area contributed by atoms with Gasteiger partial charge < -0.3 is 10.1 Å². The summed E-state index contributed by atoms with van der Waals surface area (Å²) in [5.74, 6) is 0.455. The van der Waals surface area contributed by atoms with Gasteiger partial charge in [-0.15, -0.1) is 0 Å². The van der Waals surface area contributed by atoms with E-state index in [2.05, 4.69) is 26.3 Å². The second-order valence-corrected chi connectivity index (χ2v) is 5.12. The molecule has 2 rings (SSSR count). The van der Waals surface area contributed by atoms with Gasteiger partial charge in [-0.1, -0.05) is 0 Å². The maximum absolute atomic E-state index is 12.1. The van der Waals surface area contributed by atoms with Gasteiger partial charge in [0.2, 0.25) is 0 Å². The highest BCUT2D eigenvalue weighted by Crippen LogP contribution is 2.27. The Morgan fingerprint density at radius 1 is 1.56 bits per heavy atom. The van der Waals surface area contributed by atoms with Gasteiger partial charge in [-0.05, 0) is 35.8 Å². The minimum absolute atomic E-state index is 0.0777. The molecule has 6 heteroatoms. The van der Waals surface area contributed by atoms with E-state index in [1.165, 1.54) is 0 Å². The van der Waals surface area contributed by atoms with Crippen LogP contribution in [0, 0.1) is 0 Å². The average molecular weight is 312 g/mol. The molecule has 0 aliphatic carbocycles. The van der Waals surface area contributed by atoms with E-state index < -0.39 is 0 Å². The van der Waals surface area contributed by atoms with Crippen LogP contribution in [-0.2, 0) is 0 Å². The number of hydrogen-bond acceptors (Lipinski definition) is 3. The van der Waals surface area contributed by atoms with Crippen LogP contribution in [0.25, 0.3) is 5.52 Å². The molecule has 0 fully saturated rings. The van der Waals surface area contributed by atoms with Gasteiger partial charge in [0.15, 0.2) is 0 Å². The topological polar surface area (TPSA) is 55.6 Å². The number of methoxy groups -OCH3 is 1. The standard InChI is InChI=1S/C12H14BrN3O2/c1-7(2)15-12(17)9-5-14-16-6-8(13)4-10(18-3)11(9)16/h4-7H,1-3H3,(H,15,17). The lowest BCUT2D eigenvalue weighted by atomic mass is 10.2. The molecular formula is C12H14BrN3O2. The van der Waals surface area contributed by atoms with E-state index in [4.69, 9.17) is 4.74 Å². The summed E-state index contributed by atoms with van der Waals surface area (Å²) in [4.78, 5) is 12.1. The van der Waals surface area contributed by atoms with Crippen molar-refractivity contribution in [3.05, 3.63) is 28.5 Å². The number of pyridine rings is 1. The molecule has 2 aromatic heterocycles. The third-order valence-electron chi connectivity index (χ3n) is 2.43. The van der Waals surface area contributed by atoms with Crippen molar-refractivity contribution in [1.29, 1.82) is 0 Å². The molecule has 2 aromatic rings.